The molecule has 0 radical (unpaired) electrons. The van der Waals surface area contributed by atoms with Crippen molar-refractivity contribution in [2.45, 2.75) is 26.8 Å². The maximum Gasteiger partial charge on any atom is 0.337 e. The van der Waals surface area contributed by atoms with E-state index in [1.165, 1.54) is 6.20 Å². The molecular formula is C14H19N3O2. The van der Waals surface area contributed by atoms with E-state index in [1.54, 1.807) is 12.1 Å². The van der Waals surface area contributed by atoms with Gasteiger partial charge in [-0.1, -0.05) is 13.8 Å². The summed E-state index contributed by atoms with van der Waals surface area (Å²) in [4.78, 5) is 17.0. The molecule has 0 spiro atoms. The molecule has 5 nitrogen and oxygen atoms in total. The summed E-state index contributed by atoms with van der Waals surface area (Å²) in [6.45, 7) is 6.49. The topological polar surface area (TPSA) is 77.2 Å². The summed E-state index contributed by atoms with van der Waals surface area (Å²) in [5, 5.41) is 17.5. The predicted octanol–water partition coefficient (Wildman–Crippen LogP) is 2.15. The fraction of sp³-hybridized carbons (Fsp3) is 0.500. The van der Waals surface area contributed by atoms with Crippen LogP contribution >= 0.6 is 0 Å². The third-order valence-electron chi connectivity index (χ3n) is 2.62. The second kappa shape index (κ2) is 7.49. The van der Waals surface area contributed by atoms with Crippen LogP contribution in [0, 0.1) is 17.2 Å². The Morgan fingerprint density at radius 2 is 2.26 bits per heavy atom. The van der Waals surface area contributed by atoms with Crippen LogP contribution < -0.4 is 0 Å². The maximum absolute atomic E-state index is 10.7. The minimum atomic E-state index is -0.970. The molecular weight excluding hydrogens is 242 g/mol. The van der Waals surface area contributed by atoms with Gasteiger partial charge in [-0.05, 0) is 18.1 Å². The van der Waals surface area contributed by atoms with E-state index in [1.807, 2.05) is 0 Å². The first-order chi connectivity index (χ1) is 9.02. The first kappa shape index (κ1) is 15.1. The fourth-order valence-electron chi connectivity index (χ4n) is 1.83. The SMILES string of the molecule is CC(C)CN(CCC#N)Cc1ccc(C(=O)O)cn1. The van der Waals surface area contributed by atoms with Crippen LogP contribution in [0.2, 0.25) is 0 Å². The van der Waals surface area contributed by atoms with Gasteiger partial charge in [-0.2, -0.15) is 5.26 Å². The van der Waals surface area contributed by atoms with Crippen molar-refractivity contribution >= 4 is 5.97 Å². The lowest BCUT2D eigenvalue weighted by Gasteiger charge is -2.22. The van der Waals surface area contributed by atoms with Crippen molar-refractivity contribution in [2.75, 3.05) is 13.1 Å². The molecule has 102 valence electrons. The molecule has 0 fully saturated rings. The summed E-state index contributed by atoms with van der Waals surface area (Å²) >= 11 is 0. The van der Waals surface area contributed by atoms with Gasteiger partial charge in [0, 0.05) is 32.3 Å². The number of carboxylic acid groups (broad SMARTS) is 1. The number of aromatic nitrogens is 1. The van der Waals surface area contributed by atoms with Crippen LogP contribution in [-0.4, -0.2) is 34.0 Å². The van der Waals surface area contributed by atoms with Crippen molar-refractivity contribution in [1.82, 2.24) is 9.88 Å². The molecule has 0 amide bonds. The third-order valence-corrected chi connectivity index (χ3v) is 2.62. The molecule has 1 rings (SSSR count). The molecule has 0 atom stereocenters. The highest BCUT2D eigenvalue weighted by Gasteiger charge is 2.10. The Morgan fingerprint density at radius 3 is 2.74 bits per heavy atom. The Labute approximate surface area is 113 Å². The highest BCUT2D eigenvalue weighted by atomic mass is 16.4. The summed E-state index contributed by atoms with van der Waals surface area (Å²) in [6.07, 6.45) is 1.86. The molecule has 1 aromatic heterocycles. The molecule has 0 saturated carbocycles. The number of pyridine rings is 1. The summed E-state index contributed by atoms with van der Waals surface area (Å²) in [7, 11) is 0. The van der Waals surface area contributed by atoms with Crippen molar-refractivity contribution in [2.24, 2.45) is 5.92 Å². The van der Waals surface area contributed by atoms with E-state index in [0.717, 1.165) is 12.2 Å². The van der Waals surface area contributed by atoms with Gasteiger partial charge in [0.05, 0.1) is 17.3 Å². The number of hydrogen-bond acceptors (Lipinski definition) is 4. The van der Waals surface area contributed by atoms with Crippen molar-refractivity contribution in [3.63, 3.8) is 0 Å². The number of carboxylic acids is 1. The van der Waals surface area contributed by atoms with E-state index in [-0.39, 0.29) is 5.56 Å². The monoisotopic (exact) mass is 261 g/mol. The van der Waals surface area contributed by atoms with Gasteiger partial charge < -0.3 is 5.11 Å². The lowest BCUT2D eigenvalue weighted by atomic mass is 10.2. The Balaban J connectivity index is 2.67. The molecule has 19 heavy (non-hydrogen) atoms. The molecule has 0 aliphatic heterocycles. The van der Waals surface area contributed by atoms with Crippen LogP contribution in [-0.2, 0) is 6.54 Å². The van der Waals surface area contributed by atoms with E-state index in [9.17, 15) is 4.79 Å². The van der Waals surface area contributed by atoms with Gasteiger partial charge in [-0.3, -0.25) is 9.88 Å². The average Bonchev–Trinajstić information content (AvgIpc) is 2.36. The minimum Gasteiger partial charge on any atom is -0.478 e. The quantitative estimate of drug-likeness (QED) is 0.813. The molecule has 1 N–H and O–H groups in total. The van der Waals surface area contributed by atoms with Crippen LogP contribution in [0.25, 0.3) is 0 Å². The average molecular weight is 261 g/mol. The molecule has 0 saturated heterocycles. The standard InChI is InChI=1S/C14H19N3O2/c1-11(2)9-17(7-3-6-15)10-13-5-4-12(8-16-13)14(18)19/h4-5,8,11H,3,7,9-10H2,1-2H3,(H,18,19). The van der Waals surface area contributed by atoms with Crippen molar-refractivity contribution in [3.8, 4) is 6.07 Å². The normalized spacial score (nSPS) is 10.7. The van der Waals surface area contributed by atoms with Gasteiger partial charge in [-0.25, -0.2) is 4.79 Å². The van der Waals surface area contributed by atoms with Crippen LogP contribution in [0.3, 0.4) is 0 Å². The predicted molar refractivity (Wildman–Crippen MR) is 71.5 cm³/mol. The first-order valence-electron chi connectivity index (χ1n) is 6.30. The molecule has 5 heteroatoms. The maximum atomic E-state index is 10.7. The Hall–Kier alpha value is -1.93. The lowest BCUT2D eigenvalue weighted by Crippen LogP contribution is -2.28. The molecule has 1 aromatic rings. The minimum absolute atomic E-state index is 0.191. The van der Waals surface area contributed by atoms with E-state index >= 15 is 0 Å². The van der Waals surface area contributed by atoms with Crippen LogP contribution in [0.5, 0.6) is 0 Å². The highest BCUT2D eigenvalue weighted by Crippen LogP contribution is 2.07. The van der Waals surface area contributed by atoms with Crippen molar-refractivity contribution < 1.29 is 9.90 Å². The first-order valence-corrected chi connectivity index (χ1v) is 6.30. The Kier molecular flexibility index (Phi) is 5.97. The number of carbonyl (C=O) groups is 1. The number of rotatable bonds is 7. The van der Waals surface area contributed by atoms with Gasteiger partial charge in [0.25, 0.3) is 0 Å². The third kappa shape index (κ3) is 5.49. The van der Waals surface area contributed by atoms with Gasteiger partial charge >= 0.3 is 5.97 Å². The highest BCUT2D eigenvalue weighted by molar-refractivity contribution is 5.87. The summed E-state index contributed by atoms with van der Waals surface area (Å²) in [6, 6.07) is 5.42. The van der Waals surface area contributed by atoms with E-state index < -0.39 is 5.97 Å². The number of hydrogen-bond donors (Lipinski definition) is 1. The van der Waals surface area contributed by atoms with E-state index in [0.29, 0.717) is 25.4 Å². The van der Waals surface area contributed by atoms with Crippen LogP contribution in [0.15, 0.2) is 18.3 Å². The van der Waals surface area contributed by atoms with Gasteiger partial charge in [0.15, 0.2) is 0 Å². The number of nitrogens with zero attached hydrogens (tertiary/aromatic N) is 3. The number of aromatic carboxylic acids is 1. The molecule has 0 unspecified atom stereocenters. The van der Waals surface area contributed by atoms with Crippen LogP contribution in [0.4, 0.5) is 0 Å². The summed E-state index contributed by atoms with van der Waals surface area (Å²) in [5.74, 6) is -0.459. The van der Waals surface area contributed by atoms with Crippen molar-refractivity contribution in [1.29, 1.82) is 5.26 Å². The van der Waals surface area contributed by atoms with Crippen LogP contribution in [0.1, 0.15) is 36.3 Å². The zero-order valence-corrected chi connectivity index (χ0v) is 11.3. The largest absolute Gasteiger partial charge is 0.478 e. The summed E-state index contributed by atoms with van der Waals surface area (Å²) in [5.41, 5.74) is 1.01. The van der Waals surface area contributed by atoms with E-state index in [2.05, 4.69) is 29.8 Å². The Bertz CT molecular complexity index is 449. The smallest absolute Gasteiger partial charge is 0.337 e. The van der Waals surface area contributed by atoms with Gasteiger partial charge in [0.1, 0.15) is 0 Å². The fourth-order valence-corrected chi connectivity index (χ4v) is 1.83. The number of nitriles is 1. The second-order valence-corrected chi connectivity index (χ2v) is 4.88. The van der Waals surface area contributed by atoms with E-state index in [4.69, 9.17) is 10.4 Å². The molecule has 0 aliphatic rings. The molecule has 1 heterocycles. The van der Waals surface area contributed by atoms with Crippen molar-refractivity contribution in [3.05, 3.63) is 29.6 Å². The lowest BCUT2D eigenvalue weighted by molar-refractivity contribution is 0.0696. The van der Waals surface area contributed by atoms with Gasteiger partial charge in [0.2, 0.25) is 0 Å². The zero-order chi connectivity index (χ0) is 14.3. The zero-order valence-electron chi connectivity index (χ0n) is 11.3. The summed E-state index contributed by atoms with van der Waals surface area (Å²) < 4.78 is 0. The second-order valence-electron chi connectivity index (χ2n) is 4.88. The molecule has 0 bridgehead atoms. The molecule has 0 aliphatic carbocycles. The van der Waals surface area contributed by atoms with Gasteiger partial charge in [-0.15, -0.1) is 0 Å². The molecule has 0 aromatic carbocycles. The Morgan fingerprint density at radius 1 is 1.53 bits per heavy atom.